The van der Waals surface area contributed by atoms with Crippen molar-refractivity contribution < 1.29 is 4.79 Å². The average molecular weight is 174 g/mol. The summed E-state index contributed by atoms with van der Waals surface area (Å²) in [5.74, 6) is 1.13. The Bertz CT molecular complexity index is 115. The predicted molar refractivity (Wildman–Crippen MR) is 52.1 cm³/mol. The average Bonchev–Trinajstić information content (AvgIpc) is 1.83. The van der Waals surface area contributed by atoms with Gasteiger partial charge in [-0.3, -0.25) is 0 Å². The Morgan fingerprint density at radius 3 is 2.36 bits per heavy atom. The van der Waals surface area contributed by atoms with Gasteiger partial charge in [-0.25, -0.2) is 0 Å². The van der Waals surface area contributed by atoms with Crippen molar-refractivity contribution in [3.05, 3.63) is 0 Å². The van der Waals surface area contributed by atoms with Gasteiger partial charge in [0.05, 0.1) is 0 Å². The Morgan fingerprint density at radius 2 is 2.00 bits per heavy atom. The Morgan fingerprint density at radius 1 is 1.45 bits per heavy atom. The number of rotatable bonds is 4. The zero-order chi connectivity index (χ0) is 8.91. The third-order valence-corrected chi connectivity index (χ3v) is 3.02. The van der Waals surface area contributed by atoms with Crippen LogP contribution in [0.4, 0.5) is 0 Å². The number of aldehydes is 1. The molecule has 66 valence electrons. The number of thioether (sulfide) groups is 1. The number of carbonyl (C=O) groups excluding carboxylic acids is 1. The SMILES string of the molecule is CC(CC=O)SCC(C)(C)C. The first-order valence-electron chi connectivity index (χ1n) is 4.01. The van der Waals surface area contributed by atoms with Crippen LogP contribution in [-0.4, -0.2) is 17.3 Å². The lowest BCUT2D eigenvalue weighted by molar-refractivity contribution is -0.107. The fourth-order valence-corrected chi connectivity index (χ4v) is 1.59. The molecule has 0 amide bonds. The molecule has 0 aromatic heterocycles. The summed E-state index contributed by atoms with van der Waals surface area (Å²) in [5, 5.41) is 0.478. The molecule has 0 aliphatic rings. The van der Waals surface area contributed by atoms with Gasteiger partial charge in [0.1, 0.15) is 6.29 Å². The predicted octanol–water partition coefficient (Wildman–Crippen LogP) is 2.74. The zero-order valence-corrected chi connectivity index (χ0v) is 8.70. The quantitative estimate of drug-likeness (QED) is 0.610. The number of hydrogen-bond donors (Lipinski definition) is 0. The second-order valence-corrected chi connectivity index (χ2v) is 5.51. The molecule has 0 radical (unpaired) electrons. The largest absolute Gasteiger partial charge is 0.303 e. The molecule has 0 N–H and O–H groups in total. The molecule has 0 aliphatic carbocycles. The molecule has 0 bridgehead atoms. The molecule has 1 atom stereocenters. The second-order valence-electron chi connectivity index (χ2n) is 4.08. The molecule has 0 aromatic rings. The second kappa shape index (κ2) is 4.81. The van der Waals surface area contributed by atoms with Gasteiger partial charge in [0.15, 0.2) is 0 Å². The number of hydrogen-bond acceptors (Lipinski definition) is 2. The maximum atomic E-state index is 10.1. The minimum absolute atomic E-state index is 0.377. The van der Waals surface area contributed by atoms with Crippen molar-refractivity contribution in [2.75, 3.05) is 5.75 Å². The molecule has 1 nitrogen and oxygen atoms in total. The molecule has 0 saturated carbocycles. The van der Waals surface area contributed by atoms with Crippen LogP contribution in [-0.2, 0) is 4.79 Å². The van der Waals surface area contributed by atoms with Crippen LogP contribution in [0.15, 0.2) is 0 Å². The van der Waals surface area contributed by atoms with E-state index in [9.17, 15) is 4.79 Å². The lowest BCUT2D eigenvalue weighted by Gasteiger charge is -2.19. The summed E-state index contributed by atoms with van der Waals surface area (Å²) in [7, 11) is 0. The Labute approximate surface area is 73.9 Å². The highest BCUT2D eigenvalue weighted by atomic mass is 32.2. The Hall–Kier alpha value is 0.0200. The van der Waals surface area contributed by atoms with Gasteiger partial charge in [0, 0.05) is 11.7 Å². The van der Waals surface area contributed by atoms with E-state index >= 15 is 0 Å². The molecule has 0 fully saturated rings. The summed E-state index contributed by atoms with van der Waals surface area (Å²) in [4.78, 5) is 10.1. The van der Waals surface area contributed by atoms with Crippen LogP contribution < -0.4 is 0 Å². The summed E-state index contributed by atoms with van der Waals surface area (Å²) in [6.45, 7) is 8.75. The van der Waals surface area contributed by atoms with Gasteiger partial charge in [-0.1, -0.05) is 27.7 Å². The molecule has 0 rings (SSSR count). The summed E-state index contributed by atoms with van der Waals surface area (Å²) >= 11 is 1.88. The first-order chi connectivity index (χ1) is 4.95. The van der Waals surface area contributed by atoms with Crippen molar-refractivity contribution in [2.45, 2.75) is 39.4 Å². The molecule has 0 aromatic carbocycles. The molecule has 11 heavy (non-hydrogen) atoms. The van der Waals surface area contributed by atoms with Crippen LogP contribution in [0.3, 0.4) is 0 Å². The smallest absolute Gasteiger partial charge is 0.121 e. The molecule has 1 unspecified atom stereocenters. The zero-order valence-electron chi connectivity index (χ0n) is 7.89. The Kier molecular flexibility index (Phi) is 4.82. The maximum absolute atomic E-state index is 10.1. The van der Waals surface area contributed by atoms with E-state index < -0.39 is 0 Å². The van der Waals surface area contributed by atoms with Gasteiger partial charge in [-0.15, -0.1) is 0 Å². The Balaban J connectivity index is 3.45. The van der Waals surface area contributed by atoms with E-state index in [-0.39, 0.29) is 0 Å². The van der Waals surface area contributed by atoms with E-state index in [1.165, 1.54) is 0 Å². The fraction of sp³-hybridized carbons (Fsp3) is 0.889. The van der Waals surface area contributed by atoms with E-state index in [1.807, 2.05) is 11.8 Å². The lowest BCUT2D eigenvalue weighted by atomic mass is 10.0. The summed E-state index contributed by atoms with van der Waals surface area (Å²) in [6.07, 6.45) is 1.68. The molecule has 0 saturated heterocycles. The van der Waals surface area contributed by atoms with Crippen LogP contribution in [0.2, 0.25) is 0 Å². The van der Waals surface area contributed by atoms with Crippen LogP contribution in [0.1, 0.15) is 34.1 Å². The minimum Gasteiger partial charge on any atom is -0.303 e. The van der Waals surface area contributed by atoms with Crippen LogP contribution >= 0.6 is 11.8 Å². The first kappa shape index (κ1) is 11.0. The van der Waals surface area contributed by atoms with Gasteiger partial charge >= 0.3 is 0 Å². The van der Waals surface area contributed by atoms with Crippen LogP contribution in [0.5, 0.6) is 0 Å². The van der Waals surface area contributed by atoms with Crippen LogP contribution in [0, 0.1) is 5.41 Å². The van der Waals surface area contributed by atoms with E-state index in [1.54, 1.807) is 0 Å². The maximum Gasteiger partial charge on any atom is 0.121 e. The van der Waals surface area contributed by atoms with Crippen molar-refractivity contribution in [1.29, 1.82) is 0 Å². The van der Waals surface area contributed by atoms with Crippen molar-refractivity contribution in [3.63, 3.8) is 0 Å². The fourth-order valence-electron chi connectivity index (χ4n) is 0.596. The highest BCUT2D eigenvalue weighted by Crippen LogP contribution is 2.24. The van der Waals surface area contributed by atoms with E-state index in [2.05, 4.69) is 27.7 Å². The van der Waals surface area contributed by atoms with Crippen molar-refractivity contribution in [3.8, 4) is 0 Å². The monoisotopic (exact) mass is 174 g/mol. The topological polar surface area (TPSA) is 17.1 Å². The van der Waals surface area contributed by atoms with Gasteiger partial charge in [-0.05, 0) is 11.2 Å². The third-order valence-electron chi connectivity index (χ3n) is 1.23. The van der Waals surface area contributed by atoms with E-state index in [4.69, 9.17) is 0 Å². The van der Waals surface area contributed by atoms with E-state index in [0.29, 0.717) is 17.1 Å². The van der Waals surface area contributed by atoms with Gasteiger partial charge in [0.2, 0.25) is 0 Å². The standard InChI is InChI=1S/C9H18OS/c1-8(5-6-10)11-7-9(2,3)4/h6,8H,5,7H2,1-4H3. The highest BCUT2D eigenvalue weighted by molar-refractivity contribution is 7.99. The molecule has 2 heteroatoms. The van der Waals surface area contributed by atoms with Crippen molar-refractivity contribution in [1.82, 2.24) is 0 Å². The van der Waals surface area contributed by atoms with Crippen LogP contribution in [0.25, 0.3) is 0 Å². The van der Waals surface area contributed by atoms with Crippen molar-refractivity contribution >= 4 is 18.0 Å². The molecule has 0 spiro atoms. The summed E-state index contributed by atoms with van der Waals surface area (Å²) < 4.78 is 0. The number of carbonyl (C=O) groups is 1. The third kappa shape index (κ3) is 7.92. The minimum atomic E-state index is 0.377. The molecule has 0 heterocycles. The van der Waals surface area contributed by atoms with Crippen molar-refractivity contribution in [2.24, 2.45) is 5.41 Å². The van der Waals surface area contributed by atoms with Gasteiger partial charge in [-0.2, -0.15) is 11.8 Å². The lowest BCUT2D eigenvalue weighted by Crippen LogP contribution is -2.11. The molecular formula is C9H18OS. The molecule has 0 aliphatic heterocycles. The highest BCUT2D eigenvalue weighted by Gasteiger charge is 2.12. The van der Waals surface area contributed by atoms with Gasteiger partial charge < -0.3 is 4.79 Å². The molecular weight excluding hydrogens is 156 g/mol. The first-order valence-corrected chi connectivity index (χ1v) is 5.06. The van der Waals surface area contributed by atoms with Gasteiger partial charge in [0.25, 0.3) is 0 Å². The summed E-state index contributed by atoms with van der Waals surface area (Å²) in [5.41, 5.74) is 0.377. The normalized spacial score (nSPS) is 14.5. The summed E-state index contributed by atoms with van der Waals surface area (Å²) in [6, 6.07) is 0. The van der Waals surface area contributed by atoms with E-state index in [0.717, 1.165) is 12.0 Å².